The van der Waals surface area contributed by atoms with Gasteiger partial charge in [0, 0.05) is 17.8 Å². The molecular formula is C21H22N4O2S. The lowest BCUT2D eigenvalue weighted by Gasteiger charge is -2.15. The van der Waals surface area contributed by atoms with Gasteiger partial charge in [0.05, 0.1) is 22.5 Å². The van der Waals surface area contributed by atoms with E-state index in [4.69, 9.17) is 4.42 Å². The number of hydrogen-bond acceptors (Lipinski definition) is 5. The number of carbonyl (C=O) groups excluding carboxylic acids is 1. The molecule has 7 heteroatoms. The molecule has 6 nitrogen and oxygen atoms in total. The number of hydrogen-bond donors (Lipinski definition) is 1. The molecule has 0 unspecified atom stereocenters. The highest BCUT2D eigenvalue weighted by Gasteiger charge is 2.21. The number of furan rings is 1. The van der Waals surface area contributed by atoms with Gasteiger partial charge in [-0.3, -0.25) is 9.20 Å². The minimum absolute atomic E-state index is 0.0381. The molecule has 1 aromatic carbocycles. The molecule has 0 aliphatic carbocycles. The Hall–Kier alpha value is -2.80. The summed E-state index contributed by atoms with van der Waals surface area (Å²) in [5.74, 6) is 0.425. The van der Waals surface area contributed by atoms with E-state index in [0.29, 0.717) is 17.4 Å². The summed E-state index contributed by atoms with van der Waals surface area (Å²) in [6, 6.07) is 11.8. The normalized spacial score (nSPS) is 12.7. The van der Waals surface area contributed by atoms with Gasteiger partial charge in [-0.1, -0.05) is 44.7 Å². The molecule has 0 saturated carbocycles. The Balaban J connectivity index is 1.54. The van der Waals surface area contributed by atoms with Crippen molar-refractivity contribution in [1.82, 2.24) is 14.6 Å². The minimum atomic E-state index is -0.272. The summed E-state index contributed by atoms with van der Waals surface area (Å²) in [4.78, 5) is 12.8. The topological polar surface area (TPSA) is 72.4 Å². The summed E-state index contributed by atoms with van der Waals surface area (Å²) in [6.45, 7) is 6.30. The van der Waals surface area contributed by atoms with E-state index in [2.05, 4.69) is 41.5 Å². The monoisotopic (exact) mass is 394 g/mol. The molecule has 1 atom stereocenters. The van der Waals surface area contributed by atoms with Gasteiger partial charge in [-0.25, -0.2) is 0 Å². The van der Waals surface area contributed by atoms with E-state index in [9.17, 15) is 4.79 Å². The number of thioether (sulfide) groups is 1. The van der Waals surface area contributed by atoms with E-state index in [1.165, 1.54) is 17.3 Å². The van der Waals surface area contributed by atoms with Crippen LogP contribution < -0.4 is 5.32 Å². The number of nitrogens with zero attached hydrogens (tertiary/aromatic N) is 3. The summed E-state index contributed by atoms with van der Waals surface area (Å²) in [5.41, 5.74) is 4.66. The number of amides is 1. The van der Waals surface area contributed by atoms with Gasteiger partial charge < -0.3 is 9.73 Å². The van der Waals surface area contributed by atoms with Crippen LogP contribution in [0.25, 0.3) is 16.6 Å². The third-order valence-electron chi connectivity index (χ3n) is 4.76. The van der Waals surface area contributed by atoms with Crippen LogP contribution in [-0.2, 0) is 4.79 Å². The molecule has 4 rings (SSSR count). The summed E-state index contributed by atoms with van der Waals surface area (Å²) in [7, 11) is 0. The highest BCUT2D eigenvalue weighted by Crippen LogP contribution is 2.31. The molecule has 0 fully saturated rings. The second-order valence-electron chi connectivity index (χ2n) is 6.99. The molecule has 0 aliphatic heterocycles. The highest BCUT2D eigenvalue weighted by atomic mass is 32.2. The van der Waals surface area contributed by atoms with Crippen LogP contribution in [0.1, 0.15) is 38.7 Å². The van der Waals surface area contributed by atoms with Crippen LogP contribution in [-0.4, -0.2) is 25.8 Å². The van der Waals surface area contributed by atoms with E-state index in [0.717, 1.165) is 22.3 Å². The smallest absolute Gasteiger partial charge is 0.237 e. The first-order valence-corrected chi connectivity index (χ1v) is 10.2. The van der Waals surface area contributed by atoms with Crippen molar-refractivity contribution in [2.45, 2.75) is 43.4 Å². The SMILES string of the molecule is CC[C@@H](Sc1nncn2c1cc1occc12)C(=O)Nc1ccc(C(C)C)cc1. The molecule has 4 aromatic rings. The molecular weight excluding hydrogens is 372 g/mol. The van der Waals surface area contributed by atoms with E-state index in [1.807, 2.05) is 35.6 Å². The lowest BCUT2D eigenvalue weighted by molar-refractivity contribution is -0.115. The largest absolute Gasteiger partial charge is 0.463 e. The molecule has 1 amide bonds. The molecule has 0 radical (unpaired) electrons. The molecule has 0 aliphatic rings. The third kappa shape index (κ3) is 3.49. The van der Waals surface area contributed by atoms with Gasteiger partial charge in [0.2, 0.25) is 5.91 Å². The van der Waals surface area contributed by atoms with Crippen molar-refractivity contribution < 1.29 is 9.21 Å². The number of benzene rings is 1. The van der Waals surface area contributed by atoms with E-state index in [-0.39, 0.29) is 11.2 Å². The molecule has 0 saturated heterocycles. The Morgan fingerprint density at radius 1 is 1.21 bits per heavy atom. The standard InChI is InChI=1S/C21H22N4O2S/c1-4-19(20(26)23-15-7-5-14(6-8-15)13(2)3)28-21-17-11-18-16(9-10-27-18)25(17)12-22-24-21/h5-13,19H,4H2,1-3H3,(H,23,26)/t19-/m1/s1. The summed E-state index contributed by atoms with van der Waals surface area (Å²) < 4.78 is 7.41. The number of carbonyl (C=O) groups is 1. The zero-order valence-corrected chi connectivity index (χ0v) is 16.9. The lowest BCUT2D eigenvalue weighted by Crippen LogP contribution is -2.24. The van der Waals surface area contributed by atoms with Crippen molar-refractivity contribution in [3.05, 3.63) is 54.6 Å². The Morgan fingerprint density at radius 2 is 2.00 bits per heavy atom. The van der Waals surface area contributed by atoms with Crippen LogP contribution in [0.4, 0.5) is 5.69 Å². The molecule has 1 N–H and O–H groups in total. The van der Waals surface area contributed by atoms with E-state index < -0.39 is 0 Å². The fourth-order valence-corrected chi connectivity index (χ4v) is 4.10. The first kappa shape index (κ1) is 18.6. The summed E-state index contributed by atoms with van der Waals surface area (Å²) in [6.07, 6.45) is 3.99. The molecule has 3 aromatic heterocycles. The first-order valence-electron chi connectivity index (χ1n) is 9.34. The van der Waals surface area contributed by atoms with Crippen molar-refractivity contribution in [1.29, 1.82) is 0 Å². The maximum Gasteiger partial charge on any atom is 0.237 e. The number of fused-ring (bicyclic) bond motifs is 3. The van der Waals surface area contributed by atoms with Crippen molar-refractivity contribution in [3.8, 4) is 0 Å². The zero-order valence-electron chi connectivity index (χ0n) is 16.0. The Bertz CT molecular complexity index is 1110. The predicted molar refractivity (Wildman–Crippen MR) is 112 cm³/mol. The van der Waals surface area contributed by atoms with E-state index >= 15 is 0 Å². The third-order valence-corrected chi connectivity index (χ3v) is 6.10. The van der Waals surface area contributed by atoms with Gasteiger partial charge in [0.1, 0.15) is 11.4 Å². The van der Waals surface area contributed by atoms with Crippen LogP contribution in [0.15, 0.2) is 58.4 Å². The Kier molecular flexibility index (Phi) is 5.09. The van der Waals surface area contributed by atoms with Crippen molar-refractivity contribution >= 4 is 40.0 Å². The number of aromatic nitrogens is 3. The summed E-state index contributed by atoms with van der Waals surface area (Å²) >= 11 is 1.42. The lowest BCUT2D eigenvalue weighted by atomic mass is 10.0. The molecule has 0 spiro atoms. The Labute approximate surface area is 167 Å². The van der Waals surface area contributed by atoms with Gasteiger partial charge in [-0.2, -0.15) is 0 Å². The predicted octanol–water partition coefficient (Wildman–Crippen LogP) is 5.11. The molecule has 144 valence electrons. The van der Waals surface area contributed by atoms with Crippen molar-refractivity contribution in [2.75, 3.05) is 5.32 Å². The minimum Gasteiger partial charge on any atom is -0.463 e. The maximum atomic E-state index is 12.8. The fourth-order valence-electron chi connectivity index (χ4n) is 3.13. The number of anilines is 1. The number of nitrogens with one attached hydrogen (secondary N) is 1. The van der Waals surface area contributed by atoms with Gasteiger partial charge in [0.25, 0.3) is 0 Å². The van der Waals surface area contributed by atoms with Gasteiger partial charge in [-0.15, -0.1) is 10.2 Å². The average molecular weight is 395 g/mol. The molecule has 3 heterocycles. The van der Waals surface area contributed by atoms with Crippen LogP contribution >= 0.6 is 11.8 Å². The van der Waals surface area contributed by atoms with Crippen molar-refractivity contribution in [3.63, 3.8) is 0 Å². The first-order chi connectivity index (χ1) is 13.6. The van der Waals surface area contributed by atoms with Gasteiger partial charge in [0.15, 0.2) is 5.58 Å². The second-order valence-corrected chi connectivity index (χ2v) is 8.18. The second kappa shape index (κ2) is 7.67. The summed E-state index contributed by atoms with van der Waals surface area (Å²) in [5, 5.41) is 11.8. The molecule has 0 bridgehead atoms. The van der Waals surface area contributed by atoms with E-state index in [1.54, 1.807) is 12.6 Å². The fraction of sp³-hybridized carbons (Fsp3) is 0.286. The highest BCUT2D eigenvalue weighted by molar-refractivity contribution is 8.00. The Morgan fingerprint density at radius 3 is 2.71 bits per heavy atom. The van der Waals surface area contributed by atoms with Crippen LogP contribution in [0.3, 0.4) is 0 Å². The van der Waals surface area contributed by atoms with Crippen molar-refractivity contribution in [2.24, 2.45) is 0 Å². The van der Waals surface area contributed by atoms with Crippen LogP contribution in [0, 0.1) is 0 Å². The van der Waals surface area contributed by atoms with Gasteiger partial charge in [-0.05, 0) is 30.0 Å². The zero-order chi connectivity index (χ0) is 19.7. The van der Waals surface area contributed by atoms with Crippen LogP contribution in [0.5, 0.6) is 0 Å². The average Bonchev–Trinajstić information content (AvgIpc) is 3.28. The maximum absolute atomic E-state index is 12.8. The quantitative estimate of drug-likeness (QED) is 0.460. The van der Waals surface area contributed by atoms with Gasteiger partial charge >= 0.3 is 0 Å². The number of rotatable bonds is 6. The molecule has 28 heavy (non-hydrogen) atoms. The van der Waals surface area contributed by atoms with Crippen LogP contribution in [0.2, 0.25) is 0 Å².